The Hall–Kier alpha value is -0.510. The number of H-pyrrole nitrogens is 1. The molecule has 1 atom stereocenters. The van der Waals surface area contributed by atoms with Gasteiger partial charge in [0.15, 0.2) is 0 Å². The number of halogens is 1. The molecular weight excluding hydrogens is 381 g/mol. The third-order valence-corrected chi connectivity index (χ3v) is 5.89. The van der Waals surface area contributed by atoms with Gasteiger partial charge < -0.3 is 4.98 Å². The Morgan fingerprint density at radius 2 is 1.95 bits per heavy atom. The van der Waals surface area contributed by atoms with Crippen LogP contribution in [0.5, 0.6) is 0 Å². The molecule has 1 heterocycles. The average Bonchev–Trinajstić information content (AvgIpc) is 2.88. The van der Waals surface area contributed by atoms with Crippen molar-refractivity contribution < 1.29 is 0 Å². The third-order valence-electron chi connectivity index (χ3n) is 5.22. The van der Waals surface area contributed by atoms with Gasteiger partial charge in [-0.25, -0.2) is 0 Å². The fourth-order valence-corrected chi connectivity index (χ4v) is 4.41. The van der Waals surface area contributed by atoms with E-state index in [4.69, 9.17) is 0 Å². The largest absolute Gasteiger partial charge is 0.358 e. The lowest BCUT2D eigenvalue weighted by molar-refractivity contribution is 0.404. The zero-order valence-electron chi connectivity index (χ0n) is 13.8. The van der Waals surface area contributed by atoms with Gasteiger partial charge >= 0.3 is 0 Å². The van der Waals surface area contributed by atoms with Crippen molar-refractivity contribution in [3.8, 4) is 0 Å². The number of benzene rings is 1. The van der Waals surface area contributed by atoms with Crippen LogP contribution in [0.25, 0.3) is 10.9 Å². The highest BCUT2D eigenvalue weighted by atomic mass is 127. The zero-order chi connectivity index (χ0) is 15.4. The van der Waals surface area contributed by atoms with Gasteiger partial charge in [0.05, 0.1) is 0 Å². The fourth-order valence-electron chi connectivity index (χ4n) is 3.92. The van der Waals surface area contributed by atoms with E-state index in [-0.39, 0.29) is 0 Å². The van der Waals surface area contributed by atoms with Crippen LogP contribution in [-0.2, 0) is 12.8 Å². The van der Waals surface area contributed by atoms with Crippen LogP contribution in [0, 0.1) is 9.49 Å². The number of nitrogens with one attached hydrogen (secondary N) is 1. The summed E-state index contributed by atoms with van der Waals surface area (Å²) in [7, 11) is 0. The van der Waals surface area contributed by atoms with E-state index in [1.54, 1.807) is 5.56 Å². The normalized spacial score (nSPS) is 17.8. The molecule has 22 heavy (non-hydrogen) atoms. The SMILES string of the molecule is CCCCCCCCC1CCc2[nH]c3ccc(I)cc3c2C1. The van der Waals surface area contributed by atoms with E-state index in [0.717, 1.165) is 5.92 Å². The monoisotopic (exact) mass is 409 g/mol. The predicted molar refractivity (Wildman–Crippen MR) is 105 cm³/mol. The van der Waals surface area contributed by atoms with E-state index >= 15 is 0 Å². The first kappa shape index (κ1) is 16.4. The second-order valence-corrected chi connectivity index (χ2v) is 8.18. The Labute approximate surface area is 148 Å². The van der Waals surface area contributed by atoms with E-state index in [1.807, 2.05) is 0 Å². The van der Waals surface area contributed by atoms with Crippen molar-refractivity contribution in [3.05, 3.63) is 33.0 Å². The summed E-state index contributed by atoms with van der Waals surface area (Å²) in [6.45, 7) is 2.29. The molecule has 1 aliphatic rings. The molecule has 0 aliphatic heterocycles. The molecular formula is C20H28IN. The number of hydrogen-bond donors (Lipinski definition) is 1. The standard InChI is InChI=1S/C20H28IN/c1-2-3-4-5-6-7-8-15-9-11-19-17(13-15)18-14-16(21)10-12-20(18)22-19/h10,12,14-15,22H,2-9,11,13H2,1H3. The topological polar surface area (TPSA) is 15.8 Å². The van der Waals surface area contributed by atoms with Crippen LogP contribution in [0.1, 0.15) is 69.5 Å². The summed E-state index contributed by atoms with van der Waals surface area (Å²) >= 11 is 2.43. The predicted octanol–water partition coefficient (Wildman–Crippen LogP) is 6.63. The van der Waals surface area contributed by atoms with E-state index < -0.39 is 0 Å². The van der Waals surface area contributed by atoms with Crippen LogP contribution >= 0.6 is 22.6 Å². The number of unbranched alkanes of at least 4 members (excludes halogenated alkanes) is 5. The minimum atomic E-state index is 0.913. The second-order valence-electron chi connectivity index (χ2n) is 6.94. The van der Waals surface area contributed by atoms with Crippen molar-refractivity contribution in [2.24, 2.45) is 5.92 Å². The van der Waals surface area contributed by atoms with Gasteiger partial charge in [0, 0.05) is 20.2 Å². The summed E-state index contributed by atoms with van der Waals surface area (Å²) in [5, 5.41) is 1.48. The molecule has 0 fully saturated rings. The van der Waals surface area contributed by atoms with Crippen LogP contribution in [0.15, 0.2) is 18.2 Å². The molecule has 0 spiro atoms. The third kappa shape index (κ3) is 3.87. The Bertz CT molecular complexity index is 613. The lowest BCUT2D eigenvalue weighted by atomic mass is 9.83. The quantitative estimate of drug-likeness (QED) is 0.390. The molecule has 3 rings (SSSR count). The maximum absolute atomic E-state index is 3.65. The Balaban J connectivity index is 1.56. The maximum Gasteiger partial charge on any atom is 0.0459 e. The van der Waals surface area contributed by atoms with Gasteiger partial charge in [0.2, 0.25) is 0 Å². The summed E-state index contributed by atoms with van der Waals surface area (Å²) < 4.78 is 1.35. The molecule has 0 bridgehead atoms. The van der Waals surface area contributed by atoms with Crippen molar-refractivity contribution in [1.82, 2.24) is 4.98 Å². The van der Waals surface area contributed by atoms with Gasteiger partial charge in [-0.05, 0) is 71.5 Å². The second kappa shape index (κ2) is 7.85. The summed E-state index contributed by atoms with van der Waals surface area (Å²) in [5.41, 5.74) is 4.47. The molecule has 0 radical (unpaired) electrons. The highest BCUT2D eigenvalue weighted by Gasteiger charge is 2.22. The first-order valence-electron chi connectivity index (χ1n) is 9.07. The van der Waals surface area contributed by atoms with Gasteiger partial charge in [-0.2, -0.15) is 0 Å². The van der Waals surface area contributed by atoms with E-state index in [1.165, 1.54) is 84.4 Å². The first-order chi connectivity index (χ1) is 10.8. The molecule has 1 unspecified atom stereocenters. The molecule has 0 saturated carbocycles. The molecule has 1 aliphatic carbocycles. The van der Waals surface area contributed by atoms with Crippen LogP contribution < -0.4 is 0 Å². The summed E-state index contributed by atoms with van der Waals surface area (Å²) in [6.07, 6.45) is 13.9. The summed E-state index contributed by atoms with van der Waals surface area (Å²) in [5.74, 6) is 0.913. The molecule has 0 amide bonds. The average molecular weight is 409 g/mol. The smallest absolute Gasteiger partial charge is 0.0459 e. The highest BCUT2D eigenvalue weighted by molar-refractivity contribution is 14.1. The van der Waals surface area contributed by atoms with Crippen molar-refractivity contribution in [3.63, 3.8) is 0 Å². The molecule has 1 aromatic carbocycles. The first-order valence-corrected chi connectivity index (χ1v) is 10.1. The Morgan fingerprint density at radius 3 is 2.82 bits per heavy atom. The van der Waals surface area contributed by atoms with Gasteiger partial charge in [-0.3, -0.25) is 0 Å². The molecule has 2 heteroatoms. The van der Waals surface area contributed by atoms with Crippen molar-refractivity contribution >= 4 is 33.5 Å². The van der Waals surface area contributed by atoms with Crippen LogP contribution in [0.3, 0.4) is 0 Å². The summed E-state index contributed by atoms with van der Waals surface area (Å²) in [4.78, 5) is 3.65. The van der Waals surface area contributed by atoms with Crippen molar-refractivity contribution in [2.45, 2.75) is 71.1 Å². The van der Waals surface area contributed by atoms with E-state index in [0.29, 0.717) is 0 Å². The van der Waals surface area contributed by atoms with Gasteiger partial charge in [0.25, 0.3) is 0 Å². The van der Waals surface area contributed by atoms with Gasteiger partial charge in [0.1, 0.15) is 0 Å². The number of rotatable bonds is 7. The minimum Gasteiger partial charge on any atom is -0.358 e. The number of aryl methyl sites for hydroxylation is 1. The van der Waals surface area contributed by atoms with Gasteiger partial charge in [-0.15, -0.1) is 0 Å². The molecule has 1 nitrogen and oxygen atoms in total. The number of fused-ring (bicyclic) bond motifs is 3. The molecule has 1 N–H and O–H groups in total. The zero-order valence-corrected chi connectivity index (χ0v) is 15.9. The number of hydrogen-bond acceptors (Lipinski definition) is 0. The van der Waals surface area contributed by atoms with E-state index in [2.05, 4.69) is 52.7 Å². The Morgan fingerprint density at radius 1 is 1.14 bits per heavy atom. The Kier molecular flexibility index (Phi) is 5.83. The van der Waals surface area contributed by atoms with Crippen LogP contribution in [0.2, 0.25) is 0 Å². The van der Waals surface area contributed by atoms with Crippen LogP contribution in [-0.4, -0.2) is 4.98 Å². The van der Waals surface area contributed by atoms with Crippen molar-refractivity contribution in [1.29, 1.82) is 0 Å². The number of aromatic nitrogens is 1. The fraction of sp³-hybridized carbons (Fsp3) is 0.600. The molecule has 0 saturated heterocycles. The molecule has 2 aromatic rings. The highest BCUT2D eigenvalue weighted by Crippen LogP contribution is 2.34. The maximum atomic E-state index is 3.65. The van der Waals surface area contributed by atoms with Crippen LogP contribution in [0.4, 0.5) is 0 Å². The lowest BCUT2D eigenvalue weighted by Crippen LogP contribution is -2.13. The molecule has 1 aromatic heterocycles. The lowest BCUT2D eigenvalue weighted by Gasteiger charge is -2.22. The minimum absolute atomic E-state index is 0.913. The van der Waals surface area contributed by atoms with Crippen molar-refractivity contribution in [2.75, 3.05) is 0 Å². The van der Waals surface area contributed by atoms with E-state index in [9.17, 15) is 0 Å². The molecule has 120 valence electrons. The summed E-state index contributed by atoms with van der Waals surface area (Å²) in [6, 6.07) is 6.81. The van der Waals surface area contributed by atoms with Gasteiger partial charge in [-0.1, -0.05) is 51.9 Å². The number of aromatic amines is 1.